The summed E-state index contributed by atoms with van der Waals surface area (Å²) in [4.78, 5) is 7.42. The Balaban J connectivity index is 1.97. The summed E-state index contributed by atoms with van der Waals surface area (Å²) in [5.41, 5.74) is -0.711. The normalized spacial score (nSPS) is 13.6. The fraction of sp³-hybridized carbons (Fsp3) is 0.333. The maximum Gasteiger partial charge on any atom is 0.434 e. The van der Waals surface area contributed by atoms with E-state index in [0.29, 0.717) is 0 Å². The van der Waals surface area contributed by atoms with E-state index >= 15 is 0 Å². The summed E-state index contributed by atoms with van der Waals surface area (Å²) in [7, 11) is 1.46. The van der Waals surface area contributed by atoms with Gasteiger partial charge < -0.3 is 10.6 Å². The van der Waals surface area contributed by atoms with Gasteiger partial charge in [-0.25, -0.2) is 13.8 Å². The molecule has 1 aromatic carbocycles. The lowest BCUT2D eigenvalue weighted by molar-refractivity contribution is -0.140. The molecule has 0 amide bonds. The van der Waals surface area contributed by atoms with Gasteiger partial charge in [-0.1, -0.05) is 6.07 Å². The molecule has 1 atom stereocenters. The van der Waals surface area contributed by atoms with E-state index in [1.807, 2.05) is 0 Å². The van der Waals surface area contributed by atoms with Crippen molar-refractivity contribution in [3.63, 3.8) is 0 Å². The molecule has 0 aliphatic carbocycles. The third-order valence-electron chi connectivity index (χ3n) is 3.26. The molecular formula is C15H15F5N4S. The Labute approximate surface area is 144 Å². The predicted molar refractivity (Wildman–Crippen MR) is 85.2 cm³/mol. The van der Waals surface area contributed by atoms with Crippen LogP contribution in [0.15, 0.2) is 28.6 Å². The number of nitrogens with zero attached hydrogens (tertiary/aromatic N) is 2. The summed E-state index contributed by atoms with van der Waals surface area (Å²) in [6, 6.07) is 2.69. The highest BCUT2D eigenvalue weighted by Crippen LogP contribution is 2.29. The number of rotatable bonds is 4. The van der Waals surface area contributed by atoms with Gasteiger partial charge in [-0.2, -0.15) is 13.2 Å². The van der Waals surface area contributed by atoms with E-state index in [1.165, 1.54) is 13.1 Å². The first kappa shape index (κ1) is 19.1. The van der Waals surface area contributed by atoms with Crippen molar-refractivity contribution >= 4 is 17.3 Å². The number of thiazole rings is 1. The van der Waals surface area contributed by atoms with Gasteiger partial charge >= 0.3 is 6.18 Å². The molecule has 1 unspecified atom stereocenters. The fourth-order valence-corrected chi connectivity index (χ4v) is 2.75. The number of hydrogen-bond donors (Lipinski definition) is 2. The zero-order valence-electron chi connectivity index (χ0n) is 13.3. The van der Waals surface area contributed by atoms with E-state index in [-0.39, 0.29) is 23.1 Å². The number of halogens is 5. The highest BCUT2D eigenvalue weighted by molar-refractivity contribution is 7.09. The van der Waals surface area contributed by atoms with E-state index < -0.39 is 29.5 Å². The molecule has 0 aliphatic rings. The Kier molecular flexibility index (Phi) is 5.93. The Morgan fingerprint density at radius 1 is 1.32 bits per heavy atom. The van der Waals surface area contributed by atoms with Gasteiger partial charge in [0.15, 0.2) is 11.7 Å². The molecule has 0 saturated carbocycles. The SMILES string of the molecule is CN=C(NCc1nc(C(F)(F)F)cs1)NC(C)c1ccc(F)cc1F. The Morgan fingerprint density at radius 2 is 2.04 bits per heavy atom. The molecule has 0 saturated heterocycles. The Morgan fingerprint density at radius 3 is 2.60 bits per heavy atom. The van der Waals surface area contributed by atoms with Gasteiger partial charge in [-0.05, 0) is 13.0 Å². The molecular weight excluding hydrogens is 363 g/mol. The smallest absolute Gasteiger partial charge is 0.350 e. The molecule has 25 heavy (non-hydrogen) atoms. The first-order valence-electron chi connectivity index (χ1n) is 7.14. The number of alkyl halides is 3. The zero-order valence-corrected chi connectivity index (χ0v) is 14.1. The molecule has 2 N–H and O–H groups in total. The summed E-state index contributed by atoms with van der Waals surface area (Å²) >= 11 is 0.870. The van der Waals surface area contributed by atoms with Gasteiger partial charge in [0, 0.05) is 24.1 Å². The fourth-order valence-electron chi connectivity index (χ4n) is 2.01. The van der Waals surface area contributed by atoms with Gasteiger partial charge in [-0.15, -0.1) is 11.3 Å². The second kappa shape index (κ2) is 7.77. The topological polar surface area (TPSA) is 49.3 Å². The van der Waals surface area contributed by atoms with Crippen LogP contribution in [0, 0.1) is 11.6 Å². The van der Waals surface area contributed by atoms with Crippen molar-refractivity contribution in [2.24, 2.45) is 4.99 Å². The minimum absolute atomic E-state index is 0.0268. The Bertz CT molecular complexity index is 757. The number of hydrogen-bond acceptors (Lipinski definition) is 3. The van der Waals surface area contributed by atoms with Crippen LogP contribution in [0.4, 0.5) is 22.0 Å². The average Bonchev–Trinajstić information content (AvgIpc) is 3.00. The summed E-state index contributed by atoms with van der Waals surface area (Å²) in [5.74, 6) is -1.13. The van der Waals surface area contributed by atoms with Crippen molar-refractivity contribution in [2.45, 2.75) is 25.7 Å². The van der Waals surface area contributed by atoms with Gasteiger partial charge in [0.25, 0.3) is 0 Å². The molecule has 0 fully saturated rings. The minimum atomic E-state index is -4.48. The minimum Gasteiger partial charge on any atom is -0.350 e. The van der Waals surface area contributed by atoms with Gasteiger partial charge in [0.05, 0.1) is 12.6 Å². The first-order valence-corrected chi connectivity index (χ1v) is 8.02. The van der Waals surface area contributed by atoms with E-state index in [4.69, 9.17) is 0 Å². The van der Waals surface area contributed by atoms with E-state index in [0.717, 1.165) is 28.8 Å². The lowest BCUT2D eigenvalue weighted by atomic mass is 10.1. The number of aromatic nitrogens is 1. The van der Waals surface area contributed by atoms with Crippen molar-refractivity contribution in [1.29, 1.82) is 0 Å². The van der Waals surface area contributed by atoms with Crippen molar-refractivity contribution in [2.75, 3.05) is 7.05 Å². The van der Waals surface area contributed by atoms with Crippen LogP contribution in [0.1, 0.15) is 29.2 Å². The van der Waals surface area contributed by atoms with Gasteiger partial charge in [0.2, 0.25) is 0 Å². The molecule has 0 spiro atoms. The number of nitrogens with one attached hydrogen (secondary N) is 2. The van der Waals surface area contributed by atoms with Crippen LogP contribution in [-0.2, 0) is 12.7 Å². The van der Waals surface area contributed by atoms with Crippen LogP contribution in [0.5, 0.6) is 0 Å². The van der Waals surface area contributed by atoms with Crippen LogP contribution >= 0.6 is 11.3 Å². The number of aliphatic imine (C=N–C) groups is 1. The van der Waals surface area contributed by atoms with Crippen LogP contribution in [-0.4, -0.2) is 18.0 Å². The van der Waals surface area contributed by atoms with E-state index in [1.54, 1.807) is 6.92 Å². The molecule has 2 aromatic rings. The molecule has 0 aliphatic heterocycles. The van der Waals surface area contributed by atoms with Gasteiger partial charge in [0.1, 0.15) is 16.6 Å². The zero-order chi connectivity index (χ0) is 18.6. The second-order valence-corrected chi connectivity index (χ2v) is 6.02. The van der Waals surface area contributed by atoms with E-state index in [9.17, 15) is 22.0 Å². The summed E-state index contributed by atoms with van der Waals surface area (Å²) < 4.78 is 64.3. The van der Waals surface area contributed by atoms with Crippen LogP contribution < -0.4 is 10.6 Å². The molecule has 10 heteroatoms. The van der Waals surface area contributed by atoms with Crippen molar-refractivity contribution in [1.82, 2.24) is 15.6 Å². The summed E-state index contributed by atoms with van der Waals surface area (Å²) in [6.45, 7) is 1.67. The largest absolute Gasteiger partial charge is 0.434 e. The first-order chi connectivity index (χ1) is 11.7. The van der Waals surface area contributed by atoms with Crippen molar-refractivity contribution < 1.29 is 22.0 Å². The summed E-state index contributed by atoms with van der Waals surface area (Å²) in [6.07, 6.45) is -4.48. The Hall–Kier alpha value is -2.23. The molecule has 0 radical (unpaired) electrons. The van der Waals surface area contributed by atoms with E-state index in [2.05, 4.69) is 20.6 Å². The standard InChI is InChI=1S/C15H15F5N4S/c1-8(10-4-3-9(16)5-11(10)17)23-14(21-2)22-6-13-24-12(7-25-13)15(18,19)20/h3-5,7-8H,6H2,1-2H3,(H2,21,22,23). The molecule has 0 bridgehead atoms. The van der Waals surface area contributed by atoms with Crippen LogP contribution in [0.3, 0.4) is 0 Å². The highest BCUT2D eigenvalue weighted by atomic mass is 32.1. The third kappa shape index (κ3) is 5.12. The van der Waals surface area contributed by atoms with Crippen LogP contribution in [0.25, 0.3) is 0 Å². The number of benzene rings is 1. The maximum absolute atomic E-state index is 13.8. The molecule has 4 nitrogen and oxygen atoms in total. The third-order valence-corrected chi connectivity index (χ3v) is 4.10. The number of guanidine groups is 1. The lowest BCUT2D eigenvalue weighted by Crippen LogP contribution is -2.38. The van der Waals surface area contributed by atoms with Crippen molar-refractivity contribution in [3.8, 4) is 0 Å². The monoisotopic (exact) mass is 378 g/mol. The highest BCUT2D eigenvalue weighted by Gasteiger charge is 2.33. The van der Waals surface area contributed by atoms with Crippen molar-refractivity contribution in [3.05, 3.63) is 51.5 Å². The quantitative estimate of drug-likeness (QED) is 0.483. The van der Waals surface area contributed by atoms with Gasteiger partial charge in [-0.3, -0.25) is 4.99 Å². The lowest BCUT2D eigenvalue weighted by Gasteiger charge is -2.18. The summed E-state index contributed by atoms with van der Waals surface area (Å²) in [5, 5.41) is 6.85. The molecule has 1 aromatic heterocycles. The molecule has 136 valence electrons. The van der Waals surface area contributed by atoms with Crippen LogP contribution in [0.2, 0.25) is 0 Å². The maximum atomic E-state index is 13.8. The second-order valence-electron chi connectivity index (χ2n) is 5.08. The molecule has 1 heterocycles. The molecule has 2 rings (SSSR count). The predicted octanol–water partition coefficient (Wildman–Crippen LogP) is 3.87. The average molecular weight is 378 g/mol.